The highest BCUT2D eigenvalue weighted by Crippen LogP contribution is 2.35. The molecule has 2 rings (SSSR count). The minimum Gasteiger partial charge on any atom is -0.394 e. The molecule has 9 heteroatoms. The molecule has 0 aliphatic heterocycles. The molecule has 0 saturated heterocycles. The van der Waals surface area contributed by atoms with E-state index in [0.717, 1.165) is 32.1 Å². The molecule has 1 heterocycles. The fourth-order valence-electron chi connectivity index (χ4n) is 2.55. The summed E-state index contributed by atoms with van der Waals surface area (Å²) in [5.74, 6) is 5.25. The van der Waals surface area contributed by atoms with Crippen LogP contribution in [0.15, 0.2) is 6.33 Å². The van der Waals surface area contributed by atoms with Crippen LogP contribution in [0.25, 0.3) is 0 Å². The van der Waals surface area contributed by atoms with Crippen LogP contribution in [0.2, 0.25) is 0 Å². The highest BCUT2D eigenvalue weighted by molar-refractivity contribution is 5.69. The monoisotopic (exact) mass is 282 g/mol. The fraction of sp³-hybridized carbons (Fsp3) is 0.636. The molecule has 1 fully saturated rings. The maximum Gasteiger partial charge on any atom is 0.354 e. The smallest absolute Gasteiger partial charge is 0.354 e. The minimum absolute atomic E-state index is 0.0589. The normalized spacial score (nSPS) is 17.5. The molecule has 1 aliphatic carbocycles. The Balaban J connectivity index is 2.34. The molecule has 20 heavy (non-hydrogen) atoms. The van der Waals surface area contributed by atoms with Crippen LogP contribution >= 0.6 is 0 Å². The molecule has 1 saturated carbocycles. The number of aliphatic hydroxyl groups excluding tert-OH is 1. The lowest BCUT2D eigenvalue weighted by Crippen LogP contribution is -2.44. The van der Waals surface area contributed by atoms with Crippen LogP contribution < -0.4 is 16.6 Å². The lowest BCUT2D eigenvalue weighted by atomic mass is 9.82. The summed E-state index contributed by atoms with van der Waals surface area (Å²) in [7, 11) is 0. The van der Waals surface area contributed by atoms with Crippen LogP contribution in [0, 0.1) is 10.1 Å². The zero-order chi connectivity index (χ0) is 14.6. The van der Waals surface area contributed by atoms with Gasteiger partial charge in [-0.05, 0) is 12.8 Å². The van der Waals surface area contributed by atoms with Crippen molar-refractivity contribution in [3.05, 3.63) is 16.4 Å². The van der Waals surface area contributed by atoms with Gasteiger partial charge in [0, 0.05) is 0 Å². The molecule has 0 radical (unpaired) electrons. The number of nitrogens with two attached hydrogens (primary N) is 1. The second kappa shape index (κ2) is 5.97. The molecule has 0 amide bonds. The van der Waals surface area contributed by atoms with Gasteiger partial charge in [0.05, 0.1) is 17.1 Å². The number of aliphatic hydroxyl groups is 1. The Morgan fingerprint density at radius 1 is 1.35 bits per heavy atom. The van der Waals surface area contributed by atoms with Gasteiger partial charge in [-0.25, -0.2) is 15.8 Å². The quantitative estimate of drug-likeness (QED) is 0.353. The molecule has 0 bridgehead atoms. The van der Waals surface area contributed by atoms with Crippen LogP contribution in [-0.2, 0) is 0 Å². The molecule has 0 spiro atoms. The second-order valence-electron chi connectivity index (χ2n) is 4.95. The van der Waals surface area contributed by atoms with Crippen LogP contribution in [-0.4, -0.2) is 32.1 Å². The summed E-state index contributed by atoms with van der Waals surface area (Å²) >= 11 is 0. The molecule has 0 unspecified atom stereocenters. The number of hydrogen-bond acceptors (Lipinski definition) is 8. The molecule has 5 N–H and O–H groups in total. The fourth-order valence-corrected chi connectivity index (χ4v) is 2.55. The predicted molar refractivity (Wildman–Crippen MR) is 73.0 cm³/mol. The maximum absolute atomic E-state index is 11.2. The molecular formula is C11H18N6O3. The van der Waals surface area contributed by atoms with Crippen molar-refractivity contribution < 1.29 is 10.0 Å². The van der Waals surface area contributed by atoms with Crippen molar-refractivity contribution in [2.45, 2.75) is 37.6 Å². The first-order valence-corrected chi connectivity index (χ1v) is 6.47. The molecule has 0 aromatic carbocycles. The number of rotatable bonds is 5. The zero-order valence-electron chi connectivity index (χ0n) is 11.0. The molecular weight excluding hydrogens is 264 g/mol. The van der Waals surface area contributed by atoms with E-state index in [4.69, 9.17) is 5.84 Å². The van der Waals surface area contributed by atoms with E-state index < -0.39 is 10.5 Å². The van der Waals surface area contributed by atoms with Crippen molar-refractivity contribution in [3.63, 3.8) is 0 Å². The number of nitrogen functional groups attached to an aromatic ring is 1. The van der Waals surface area contributed by atoms with Crippen molar-refractivity contribution in [1.82, 2.24) is 9.97 Å². The van der Waals surface area contributed by atoms with Crippen molar-refractivity contribution >= 4 is 17.3 Å². The van der Waals surface area contributed by atoms with Crippen LogP contribution in [0.3, 0.4) is 0 Å². The van der Waals surface area contributed by atoms with Crippen molar-refractivity contribution in [2.24, 2.45) is 5.84 Å². The van der Waals surface area contributed by atoms with Gasteiger partial charge in [0.25, 0.3) is 0 Å². The number of hydrazine groups is 1. The van der Waals surface area contributed by atoms with Crippen molar-refractivity contribution in [2.75, 3.05) is 17.3 Å². The van der Waals surface area contributed by atoms with E-state index in [2.05, 4.69) is 20.7 Å². The Labute approximate surface area is 115 Å². The average Bonchev–Trinajstić information content (AvgIpc) is 2.47. The Morgan fingerprint density at radius 2 is 2.00 bits per heavy atom. The molecule has 1 aromatic rings. The number of hydrogen-bond donors (Lipinski definition) is 4. The van der Waals surface area contributed by atoms with E-state index in [1.165, 1.54) is 6.33 Å². The van der Waals surface area contributed by atoms with Gasteiger partial charge in [-0.3, -0.25) is 10.1 Å². The Hall–Kier alpha value is -2.00. The molecule has 1 aliphatic rings. The lowest BCUT2D eigenvalue weighted by Gasteiger charge is -2.36. The van der Waals surface area contributed by atoms with E-state index >= 15 is 0 Å². The van der Waals surface area contributed by atoms with Gasteiger partial charge in [0.15, 0.2) is 0 Å². The summed E-state index contributed by atoms with van der Waals surface area (Å²) in [4.78, 5) is 18.2. The summed E-state index contributed by atoms with van der Waals surface area (Å²) in [6.07, 6.45) is 5.72. The molecule has 110 valence electrons. The minimum atomic E-state index is -0.592. The highest BCUT2D eigenvalue weighted by atomic mass is 16.6. The zero-order valence-corrected chi connectivity index (χ0v) is 11.0. The molecule has 9 nitrogen and oxygen atoms in total. The number of nitro groups is 1. The van der Waals surface area contributed by atoms with Gasteiger partial charge in [0.1, 0.15) is 6.33 Å². The standard InChI is InChI=1S/C11H18N6O3/c12-16-10-8(17(19)20)9(13-7-14-10)15-11(6-18)4-2-1-3-5-11/h7,18H,1-6,12H2,(H2,13,14,15,16). The third-order valence-corrected chi connectivity index (χ3v) is 3.64. The third-order valence-electron chi connectivity index (χ3n) is 3.64. The van der Waals surface area contributed by atoms with Crippen LogP contribution in [0.5, 0.6) is 0 Å². The summed E-state index contributed by atoms with van der Waals surface area (Å²) in [5.41, 5.74) is 1.31. The van der Waals surface area contributed by atoms with Crippen LogP contribution in [0.1, 0.15) is 32.1 Å². The van der Waals surface area contributed by atoms with Gasteiger partial charge < -0.3 is 15.8 Å². The number of nitrogens with zero attached hydrogens (tertiary/aromatic N) is 3. The topological polar surface area (TPSA) is 139 Å². The lowest BCUT2D eigenvalue weighted by molar-refractivity contribution is -0.383. The van der Waals surface area contributed by atoms with E-state index in [0.29, 0.717) is 0 Å². The van der Waals surface area contributed by atoms with Crippen LogP contribution in [0.4, 0.5) is 17.3 Å². The molecule has 1 aromatic heterocycles. The second-order valence-corrected chi connectivity index (χ2v) is 4.95. The van der Waals surface area contributed by atoms with Gasteiger partial charge in [-0.2, -0.15) is 0 Å². The first kappa shape index (κ1) is 14.4. The number of aromatic nitrogens is 2. The van der Waals surface area contributed by atoms with E-state index in [9.17, 15) is 15.2 Å². The summed E-state index contributed by atoms with van der Waals surface area (Å²) < 4.78 is 0. The average molecular weight is 282 g/mol. The number of anilines is 2. The Bertz CT molecular complexity index is 489. The SMILES string of the molecule is NNc1ncnc(NC2(CO)CCCCC2)c1[N+](=O)[O-]. The summed E-state index contributed by atoms with van der Waals surface area (Å²) in [6, 6.07) is 0. The summed E-state index contributed by atoms with van der Waals surface area (Å²) in [6.45, 7) is -0.0977. The number of nitrogens with one attached hydrogen (secondary N) is 2. The van der Waals surface area contributed by atoms with Gasteiger partial charge in [-0.15, -0.1) is 0 Å². The van der Waals surface area contributed by atoms with Crippen molar-refractivity contribution in [3.8, 4) is 0 Å². The Kier molecular flexibility index (Phi) is 4.30. The summed E-state index contributed by atoms with van der Waals surface area (Å²) in [5, 5.41) is 23.8. The first-order valence-electron chi connectivity index (χ1n) is 6.47. The maximum atomic E-state index is 11.2. The molecule has 0 atom stereocenters. The van der Waals surface area contributed by atoms with Gasteiger partial charge >= 0.3 is 5.69 Å². The third kappa shape index (κ3) is 2.78. The highest BCUT2D eigenvalue weighted by Gasteiger charge is 2.35. The van der Waals surface area contributed by atoms with Gasteiger partial charge in [0.2, 0.25) is 11.6 Å². The van der Waals surface area contributed by atoms with E-state index in [1.807, 2.05) is 0 Å². The van der Waals surface area contributed by atoms with E-state index in [-0.39, 0.29) is 23.9 Å². The van der Waals surface area contributed by atoms with E-state index in [1.54, 1.807) is 0 Å². The first-order chi connectivity index (χ1) is 9.62. The predicted octanol–water partition coefficient (Wildman–Crippen LogP) is 0.777. The van der Waals surface area contributed by atoms with Gasteiger partial charge in [-0.1, -0.05) is 19.3 Å². The largest absolute Gasteiger partial charge is 0.394 e. The Morgan fingerprint density at radius 3 is 2.55 bits per heavy atom. The van der Waals surface area contributed by atoms with Crippen molar-refractivity contribution in [1.29, 1.82) is 0 Å².